The molecule has 0 radical (unpaired) electrons. The first kappa shape index (κ1) is 13.1. The van der Waals surface area contributed by atoms with Gasteiger partial charge in [-0.25, -0.2) is 4.39 Å². The first-order chi connectivity index (χ1) is 8.22. The van der Waals surface area contributed by atoms with Crippen molar-refractivity contribution in [3.8, 4) is 0 Å². The van der Waals surface area contributed by atoms with Crippen molar-refractivity contribution < 1.29 is 4.39 Å². The Hall–Kier alpha value is -0.310. The van der Waals surface area contributed by atoms with Gasteiger partial charge in [-0.15, -0.1) is 11.6 Å². The highest BCUT2D eigenvalue weighted by Gasteiger charge is 2.22. The van der Waals surface area contributed by atoms with Gasteiger partial charge in [0.25, 0.3) is 0 Å². The Morgan fingerprint density at radius 2 is 2.18 bits per heavy atom. The van der Waals surface area contributed by atoms with Crippen LogP contribution >= 0.6 is 23.2 Å². The number of hydrogen-bond donors (Lipinski definition) is 0. The fourth-order valence-corrected chi connectivity index (χ4v) is 2.88. The van der Waals surface area contributed by atoms with Crippen molar-refractivity contribution in [2.24, 2.45) is 0 Å². The van der Waals surface area contributed by atoms with Crippen LogP contribution in [0.2, 0.25) is 5.02 Å². The number of rotatable bonds is 3. The Bertz CT molecular complexity index is 384. The van der Waals surface area contributed by atoms with Gasteiger partial charge >= 0.3 is 0 Å². The van der Waals surface area contributed by atoms with E-state index in [9.17, 15) is 4.39 Å². The van der Waals surface area contributed by atoms with Gasteiger partial charge in [-0.1, -0.05) is 30.2 Å². The topological polar surface area (TPSA) is 3.24 Å². The molecule has 1 aliphatic heterocycles. The van der Waals surface area contributed by atoms with Gasteiger partial charge in [0.2, 0.25) is 0 Å². The number of nitrogens with zero attached hydrogens (tertiary/aromatic N) is 1. The normalized spacial score (nSPS) is 21.7. The van der Waals surface area contributed by atoms with Crippen molar-refractivity contribution in [1.29, 1.82) is 0 Å². The molecule has 0 saturated carbocycles. The highest BCUT2D eigenvalue weighted by molar-refractivity contribution is 6.30. The van der Waals surface area contributed by atoms with Crippen molar-refractivity contribution in [3.63, 3.8) is 0 Å². The lowest BCUT2D eigenvalue weighted by molar-refractivity contribution is 0.153. The van der Waals surface area contributed by atoms with Gasteiger partial charge in [0, 0.05) is 24.0 Å². The van der Waals surface area contributed by atoms with E-state index in [0.29, 0.717) is 24.0 Å². The maximum Gasteiger partial charge on any atom is 0.146 e. The van der Waals surface area contributed by atoms with E-state index in [4.69, 9.17) is 23.2 Å². The molecule has 4 heteroatoms. The summed E-state index contributed by atoms with van der Waals surface area (Å²) in [4.78, 5) is 2.26. The molecule has 0 N–H and O–H groups in total. The maximum atomic E-state index is 13.8. The molecule has 1 aromatic rings. The minimum Gasteiger partial charge on any atom is -0.295 e. The Morgan fingerprint density at radius 1 is 1.35 bits per heavy atom. The Labute approximate surface area is 112 Å². The fraction of sp³-hybridized carbons (Fsp3) is 0.538. The van der Waals surface area contributed by atoms with Crippen LogP contribution in [0.25, 0.3) is 0 Å². The molecule has 1 heterocycles. The van der Waals surface area contributed by atoms with Crippen LogP contribution in [0.4, 0.5) is 4.39 Å². The van der Waals surface area contributed by atoms with Gasteiger partial charge < -0.3 is 0 Å². The van der Waals surface area contributed by atoms with Gasteiger partial charge in [0.1, 0.15) is 5.82 Å². The second kappa shape index (κ2) is 6.03. The second-order valence-electron chi connectivity index (χ2n) is 4.49. The zero-order valence-electron chi connectivity index (χ0n) is 9.63. The molecule has 1 unspecified atom stereocenters. The van der Waals surface area contributed by atoms with E-state index in [1.165, 1.54) is 6.42 Å². The minimum absolute atomic E-state index is 0.196. The van der Waals surface area contributed by atoms with Crippen LogP contribution in [-0.4, -0.2) is 23.4 Å². The average Bonchev–Trinajstić information content (AvgIpc) is 2.35. The predicted octanol–water partition coefficient (Wildman–Crippen LogP) is 4.07. The summed E-state index contributed by atoms with van der Waals surface area (Å²) in [5.74, 6) is 0.315. The molecule has 1 aliphatic rings. The predicted molar refractivity (Wildman–Crippen MR) is 70.2 cm³/mol. The van der Waals surface area contributed by atoms with E-state index in [1.807, 2.05) is 0 Å². The number of halogens is 3. The van der Waals surface area contributed by atoms with E-state index in [-0.39, 0.29) is 10.8 Å². The first-order valence-corrected chi connectivity index (χ1v) is 6.86. The third-order valence-electron chi connectivity index (χ3n) is 3.33. The maximum absolute atomic E-state index is 13.8. The lowest BCUT2D eigenvalue weighted by Gasteiger charge is -2.34. The summed E-state index contributed by atoms with van der Waals surface area (Å²) in [6.45, 7) is 1.59. The van der Waals surface area contributed by atoms with Gasteiger partial charge in [-0.3, -0.25) is 4.90 Å². The average molecular weight is 276 g/mol. The second-order valence-corrected chi connectivity index (χ2v) is 5.20. The molecule has 1 nitrogen and oxygen atoms in total. The van der Waals surface area contributed by atoms with E-state index in [2.05, 4.69) is 4.90 Å². The molecular weight excluding hydrogens is 260 g/mol. The van der Waals surface area contributed by atoms with Crippen LogP contribution < -0.4 is 0 Å². The van der Waals surface area contributed by atoms with Crippen LogP contribution in [0.15, 0.2) is 18.2 Å². The lowest BCUT2D eigenvalue weighted by atomic mass is 10.0. The lowest BCUT2D eigenvalue weighted by Crippen LogP contribution is -2.40. The summed E-state index contributed by atoms with van der Waals surface area (Å²) in [5, 5.41) is 0.196. The fourth-order valence-electron chi connectivity index (χ4n) is 2.33. The molecule has 17 heavy (non-hydrogen) atoms. The van der Waals surface area contributed by atoms with E-state index < -0.39 is 0 Å². The quantitative estimate of drug-likeness (QED) is 0.752. The number of likely N-dealkylation sites (tertiary alicyclic amines) is 1. The highest BCUT2D eigenvalue weighted by atomic mass is 35.5. The molecule has 0 aromatic heterocycles. The van der Waals surface area contributed by atoms with Gasteiger partial charge in [-0.05, 0) is 25.5 Å². The molecule has 1 saturated heterocycles. The molecular formula is C13H16Cl2FN. The Kier molecular flexibility index (Phi) is 4.66. The van der Waals surface area contributed by atoms with Crippen molar-refractivity contribution in [3.05, 3.63) is 34.6 Å². The highest BCUT2D eigenvalue weighted by Crippen LogP contribution is 2.24. The standard InChI is InChI=1S/C13H16Cl2FN/c14-8-11-5-1-2-7-17(11)9-10-4-3-6-12(15)13(10)16/h3-4,6,11H,1-2,5,7-9H2. The summed E-state index contributed by atoms with van der Waals surface area (Å²) in [6, 6.07) is 5.53. The van der Waals surface area contributed by atoms with Crippen molar-refractivity contribution in [1.82, 2.24) is 4.90 Å². The molecule has 0 spiro atoms. The molecule has 94 valence electrons. The summed E-state index contributed by atoms with van der Waals surface area (Å²) in [6.07, 6.45) is 3.48. The van der Waals surface area contributed by atoms with Crippen molar-refractivity contribution >= 4 is 23.2 Å². The monoisotopic (exact) mass is 275 g/mol. The van der Waals surface area contributed by atoms with Gasteiger partial charge in [0.15, 0.2) is 0 Å². The number of alkyl halides is 1. The summed E-state index contributed by atoms with van der Waals surface area (Å²) < 4.78 is 13.8. The summed E-state index contributed by atoms with van der Waals surface area (Å²) >= 11 is 11.7. The summed E-state index contributed by atoms with van der Waals surface area (Å²) in [5.41, 5.74) is 0.662. The van der Waals surface area contributed by atoms with E-state index in [0.717, 1.165) is 19.4 Å². The smallest absolute Gasteiger partial charge is 0.146 e. The molecule has 1 fully saturated rings. The van der Waals surface area contributed by atoms with E-state index in [1.54, 1.807) is 18.2 Å². The number of piperidine rings is 1. The van der Waals surface area contributed by atoms with Crippen molar-refractivity contribution in [2.45, 2.75) is 31.8 Å². The van der Waals surface area contributed by atoms with Gasteiger partial charge in [-0.2, -0.15) is 0 Å². The molecule has 1 atom stereocenters. The largest absolute Gasteiger partial charge is 0.295 e. The van der Waals surface area contributed by atoms with Crippen LogP contribution in [0.3, 0.4) is 0 Å². The molecule has 0 aliphatic carbocycles. The first-order valence-electron chi connectivity index (χ1n) is 5.95. The SMILES string of the molecule is Fc1c(Cl)cccc1CN1CCCCC1CCl. The number of benzene rings is 1. The Morgan fingerprint density at radius 3 is 2.94 bits per heavy atom. The van der Waals surface area contributed by atoms with Crippen LogP contribution in [-0.2, 0) is 6.54 Å². The zero-order chi connectivity index (χ0) is 12.3. The van der Waals surface area contributed by atoms with Crippen LogP contribution in [0.1, 0.15) is 24.8 Å². The Balaban J connectivity index is 2.11. The third kappa shape index (κ3) is 3.12. The molecule has 0 amide bonds. The number of hydrogen-bond acceptors (Lipinski definition) is 1. The van der Waals surface area contributed by atoms with Gasteiger partial charge in [0.05, 0.1) is 5.02 Å². The third-order valence-corrected chi connectivity index (χ3v) is 3.98. The zero-order valence-corrected chi connectivity index (χ0v) is 11.1. The summed E-state index contributed by atoms with van der Waals surface area (Å²) in [7, 11) is 0. The molecule has 2 rings (SSSR count). The molecule has 1 aromatic carbocycles. The molecule has 0 bridgehead atoms. The minimum atomic E-state index is -0.298. The van der Waals surface area contributed by atoms with E-state index >= 15 is 0 Å². The van der Waals surface area contributed by atoms with Crippen molar-refractivity contribution in [2.75, 3.05) is 12.4 Å². The van der Waals surface area contributed by atoms with Crippen LogP contribution in [0.5, 0.6) is 0 Å². The van der Waals surface area contributed by atoms with Crippen LogP contribution in [0, 0.1) is 5.82 Å².